The van der Waals surface area contributed by atoms with Gasteiger partial charge in [-0.3, -0.25) is 0 Å². The zero-order valence-corrected chi connectivity index (χ0v) is 13.4. The van der Waals surface area contributed by atoms with Gasteiger partial charge in [-0.15, -0.1) is 0 Å². The van der Waals surface area contributed by atoms with Crippen LogP contribution in [0.5, 0.6) is 0 Å². The van der Waals surface area contributed by atoms with E-state index < -0.39 is 0 Å². The van der Waals surface area contributed by atoms with Crippen LogP contribution in [0.15, 0.2) is 41.6 Å². The molecule has 0 amide bonds. The van der Waals surface area contributed by atoms with Gasteiger partial charge < -0.3 is 4.84 Å². The Morgan fingerprint density at radius 2 is 1.95 bits per heavy atom. The number of nitrogens with zero attached hydrogens (tertiary/aromatic N) is 1. The van der Waals surface area contributed by atoms with Crippen LogP contribution in [0.25, 0.3) is 5.57 Å². The molecule has 0 aliphatic heterocycles. The maximum Gasteiger partial charge on any atom is 0.106 e. The molecule has 0 spiro atoms. The van der Waals surface area contributed by atoms with Crippen molar-refractivity contribution < 1.29 is 4.84 Å². The van der Waals surface area contributed by atoms with Gasteiger partial charge >= 0.3 is 0 Å². The number of benzene rings is 1. The first-order chi connectivity index (χ1) is 9.42. The number of allylic oxidation sites excluding steroid dienone is 3. The lowest BCUT2D eigenvalue weighted by molar-refractivity contribution is 0.213. The highest BCUT2D eigenvalue weighted by atomic mass is 16.6. The standard InChI is InChI=1S/C18H25NO/c1-8-17(14(5)12(2)3)18-10-9-16(11-13(18)4)15(6)19-20-7/h8-12H,1H2,2-7H3/b17-14+,19-15+. The summed E-state index contributed by atoms with van der Waals surface area (Å²) in [6, 6.07) is 6.36. The van der Waals surface area contributed by atoms with E-state index in [-0.39, 0.29) is 0 Å². The molecule has 0 bridgehead atoms. The van der Waals surface area contributed by atoms with E-state index in [4.69, 9.17) is 4.84 Å². The van der Waals surface area contributed by atoms with Crippen molar-refractivity contribution in [2.75, 3.05) is 7.11 Å². The summed E-state index contributed by atoms with van der Waals surface area (Å²) in [5, 5.41) is 3.98. The molecule has 1 aromatic rings. The number of hydrogen-bond donors (Lipinski definition) is 0. The molecule has 2 nitrogen and oxygen atoms in total. The quantitative estimate of drug-likeness (QED) is 0.420. The van der Waals surface area contributed by atoms with Crippen LogP contribution in [0.1, 0.15) is 44.4 Å². The summed E-state index contributed by atoms with van der Waals surface area (Å²) >= 11 is 0. The van der Waals surface area contributed by atoms with E-state index in [1.807, 2.05) is 13.0 Å². The first-order valence-corrected chi connectivity index (χ1v) is 6.94. The van der Waals surface area contributed by atoms with E-state index in [0.717, 1.165) is 11.3 Å². The normalized spacial score (nSPS) is 13.2. The molecule has 0 N–H and O–H groups in total. The molecule has 0 radical (unpaired) electrons. The fraction of sp³-hybridized carbons (Fsp3) is 0.389. The summed E-state index contributed by atoms with van der Waals surface area (Å²) in [5.41, 5.74) is 7.01. The second-order valence-corrected chi connectivity index (χ2v) is 5.34. The van der Waals surface area contributed by atoms with E-state index >= 15 is 0 Å². The summed E-state index contributed by atoms with van der Waals surface area (Å²) in [5.74, 6) is 0.513. The third kappa shape index (κ3) is 3.60. The van der Waals surface area contributed by atoms with Gasteiger partial charge in [-0.05, 0) is 55.0 Å². The molecule has 108 valence electrons. The Labute approximate surface area is 122 Å². The Morgan fingerprint density at radius 3 is 2.40 bits per heavy atom. The van der Waals surface area contributed by atoms with Crippen LogP contribution >= 0.6 is 0 Å². The lowest BCUT2D eigenvalue weighted by Gasteiger charge is -2.15. The molecule has 0 saturated carbocycles. The second-order valence-electron chi connectivity index (χ2n) is 5.34. The minimum absolute atomic E-state index is 0.513. The third-order valence-corrected chi connectivity index (χ3v) is 3.66. The molecule has 20 heavy (non-hydrogen) atoms. The van der Waals surface area contributed by atoms with E-state index in [1.54, 1.807) is 7.11 Å². The smallest absolute Gasteiger partial charge is 0.106 e. The third-order valence-electron chi connectivity index (χ3n) is 3.66. The van der Waals surface area contributed by atoms with Crippen molar-refractivity contribution in [3.8, 4) is 0 Å². The number of hydrogen-bond acceptors (Lipinski definition) is 2. The van der Waals surface area contributed by atoms with Gasteiger partial charge in [0.1, 0.15) is 7.11 Å². The first-order valence-electron chi connectivity index (χ1n) is 6.94. The first kappa shape index (κ1) is 16.2. The lowest BCUT2D eigenvalue weighted by atomic mass is 9.90. The highest BCUT2D eigenvalue weighted by molar-refractivity contribution is 5.99. The molecule has 0 heterocycles. The SMILES string of the molecule is C=C/C(=C(/C)C(C)C)c1ccc(/C(C)=N/OC)cc1C. The fourth-order valence-corrected chi connectivity index (χ4v) is 2.17. The van der Waals surface area contributed by atoms with Crippen LogP contribution in [0, 0.1) is 12.8 Å². The lowest BCUT2D eigenvalue weighted by Crippen LogP contribution is -2.00. The fourth-order valence-electron chi connectivity index (χ4n) is 2.17. The maximum absolute atomic E-state index is 4.83. The molecule has 1 rings (SSSR count). The van der Waals surface area contributed by atoms with Gasteiger partial charge in [-0.2, -0.15) is 0 Å². The zero-order chi connectivity index (χ0) is 15.3. The summed E-state index contributed by atoms with van der Waals surface area (Å²) in [7, 11) is 1.56. The predicted octanol–water partition coefficient (Wildman–Crippen LogP) is 4.98. The van der Waals surface area contributed by atoms with E-state index in [2.05, 4.69) is 57.6 Å². The molecule has 0 atom stereocenters. The maximum atomic E-state index is 4.83. The van der Waals surface area contributed by atoms with E-state index in [9.17, 15) is 0 Å². The Bertz CT molecular complexity index is 551. The molecule has 2 heteroatoms. The molecule has 0 aromatic heterocycles. The van der Waals surface area contributed by atoms with Gasteiger partial charge in [0.2, 0.25) is 0 Å². The van der Waals surface area contributed by atoms with Gasteiger partial charge in [-0.25, -0.2) is 0 Å². The Hall–Kier alpha value is -1.83. The van der Waals surface area contributed by atoms with Crippen molar-refractivity contribution >= 4 is 11.3 Å². The van der Waals surface area contributed by atoms with Gasteiger partial charge in [0.15, 0.2) is 0 Å². The summed E-state index contributed by atoms with van der Waals surface area (Å²) < 4.78 is 0. The van der Waals surface area contributed by atoms with Gasteiger partial charge in [0.25, 0.3) is 0 Å². The van der Waals surface area contributed by atoms with Crippen LogP contribution in [-0.2, 0) is 4.84 Å². The Balaban J connectivity index is 3.33. The largest absolute Gasteiger partial charge is 0.399 e. The van der Waals surface area contributed by atoms with Crippen LogP contribution in [0.4, 0.5) is 0 Å². The highest BCUT2D eigenvalue weighted by Crippen LogP contribution is 2.27. The number of oxime groups is 1. The molecule has 0 unspecified atom stereocenters. The van der Waals surface area contributed by atoms with Crippen LogP contribution in [0.2, 0.25) is 0 Å². The van der Waals surface area contributed by atoms with Crippen molar-refractivity contribution in [1.82, 2.24) is 0 Å². The highest BCUT2D eigenvalue weighted by Gasteiger charge is 2.10. The van der Waals surface area contributed by atoms with E-state index in [0.29, 0.717) is 5.92 Å². The van der Waals surface area contributed by atoms with Gasteiger partial charge in [-0.1, -0.05) is 49.4 Å². The second kappa shape index (κ2) is 7.09. The summed E-state index contributed by atoms with van der Waals surface area (Å²) in [6.45, 7) is 14.6. The van der Waals surface area contributed by atoms with Crippen molar-refractivity contribution in [3.05, 3.63) is 53.1 Å². The summed E-state index contributed by atoms with van der Waals surface area (Å²) in [4.78, 5) is 4.83. The average molecular weight is 271 g/mol. The molecule has 0 aliphatic rings. The minimum Gasteiger partial charge on any atom is -0.399 e. The van der Waals surface area contributed by atoms with Gasteiger partial charge in [0.05, 0.1) is 5.71 Å². The van der Waals surface area contributed by atoms with Crippen LogP contribution < -0.4 is 0 Å². The predicted molar refractivity (Wildman–Crippen MR) is 88.0 cm³/mol. The number of aryl methyl sites for hydroxylation is 1. The average Bonchev–Trinajstić information content (AvgIpc) is 2.41. The molecule has 0 fully saturated rings. The Morgan fingerprint density at radius 1 is 1.30 bits per heavy atom. The topological polar surface area (TPSA) is 21.6 Å². The van der Waals surface area contributed by atoms with Crippen molar-refractivity contribution in [3.63, 3.8) is 0 Å². The molecule has 0 saturated heterocycles. The monoisotopic (exact) mass is 271 g/mol. The Kier molecular flexibility index (Phi) is 5.75. The van der Waals surface area contributed by atoms with Crippen LogP contribution in [-0.4, -0.2) is 12.8 Å². The number of rotatable bonds is 5. The van der Waals surface area contributed by atoms with Crippen LogP contribution in [0.3, 0.4) is 0 Å². The van der Waals surface area contributed by atoms with Gasteiger partial charge in [0, 0.05) is 0 Å². The molecular weight excluding hydrogens is 246 g/mol. The minimum atomic E-state index is 0.513. The zero-order valence-electron chi connectivity index (χ0n) is 13.4. The summed E-state index contributed by atoms with van der Waals surface area (Å²) in [6.07, 6.45) is 1.95. The van der Waals surface area contributed by atoms with Crippen molar-refractivity contribution in [1.29, 1.82) is 0 Å². The van der Waals surface area contributed by atoms with Crippen molar-refractivity contribution in [2.45, 2.75) is 34.6 Å². The molecular formula is C18H25NO. The molecule has 0 aliphatic carbocycles. The molecule has 1 aromatic carbocycles. The van der Waals surface area contributed by atoms with Crippen molar-refractivity contribution in [2.24, 2.45) is 11.1 Å². The van der Waals surface area contributed by atoms with E-state index in [1.165, 1.54) is 22.3 Å².